The Morgan fingerprint density at radius 1 is 1.23 bits per heavy atom. The average molecular weight is 355 g/mol. The minimum atomic E-state index is -0.882. The zero-order valence-corrected chi connectivity index (χ0v) is 14.4. The maximum atomic E-state index is 13.7. The molecule has 134 valence electrons. The lowest BCUT2D eigenvalue weighted by atomic mass is 10.1. The highest BCUT2D eigenvalue weighted by atomic mass is 19.1. The van der Waals surface area contributed by atoms with Crippen LogP contribution in [-0.2, 0) is 4.79 Å². The molecule has 3 rings (SSSR count). The molecule has 1 aromatic heterocycles. The second kappa shape index (κ2) is 7.77. The van der Waals surface area contributed by atoms with Crippen LogP contribution < -0.4 is 10.1 Å². The largest absolute Gasteiger partial charge is 0.478 e. The van der Waals surface area contributed by atoms with Crippen LogP contribution >= 0.6 is 0 Å². The standard InChI is InChI=1S/C19H18FN3O3/c1-3-15(25-16-11-7-6-10-14(16)20)17(24)21-19-22-18(26-23-19)13-9-5-4-8-12(13)2/h4-11,15H,3H2,1-2H3,(H,21,23,24)/t15-/m0/s1. The highest BCUT2D eigenvalue weighted by Crippen LogP contribution is 2.23. The van der Waals surface area contributed by atoms with Crippen LogP contribution in [0.25, 0.3) is 11.5 Å². The lowest BCUT2D eigenvalue weighted by Gasteiger charge is -2.16. The van der Waals surface area contributed by atoms with Crippen molar-refractivity contribution in [2.45, 2.75) is 26.4 Å². The molecule has 0 saturated heterocycles. The Labute approximate surface area is 150 Å². The Morgan fingerprint density at radius 3 is 2.69 bits per heavy atom. The molecular weight excluding hydrogens is 337 g/mol. The number of nitrogens with zero attached hydrogens (tertiary/aromatic N) is 2. The Bertz CT molecular complexity index is 910. The van der Waals surface area contributed by atoms with E-state index in [0.717, 1.165) is 11.1 Å². The number of benzene rings is 2. The van der Waals surface area contributed by atoms with Gasteiger partial charge in [-0.3, -0.25) is 10.1 Å². The molecule has 2 aromatic carbocycles. The summed E-state index contributed by atoms with van der Waals surface area (Å²) in [5, 5.41) is 6.31. The third kappa shape index (κ3) is 3.88. The molecule has 0 bridgehead atoms. The quantitative estimate of drug-likeness (QED) is 0.724. The van der Waals surface area contributed by atoms with Crippen molar-refractivity contribution in [1.29, 1.82) is 0 Å². The number of carbonyl (C=O) groups is 1. The molecule has 7 heteroatoms. The minimum absolute atomic E-state index is 0.0169. The molecule has 6 nitrogen and oxygen atoms in total. The number of amides is 1. The van der Waals surface area contributed by atoms with Crippen molar-refractivity contribution in [1.82, 2.24) is 10.1 Å². The Morgan fingerprint density at radius 2 is 1.96 bits per heavy atom. The van der Waals surface area contributed by atoms with Crippen molar-refractivity contribution >= 4 is 11.9 Å². The molecular formula is C19H18FN3O3. The second-order valence-corrected chi connectivity index (χ2v) is 5.67. The molecule has 0 fully saturated rings. The van der Waals surface area contributed by atoms with E-state index in [4.69, 9.17) is 9.26 Å². The van der Waals surface area contributed by atoms with E-state index < -0.39 is 17.8 Å². The van der Waals surface area contributed by atoms with Crippen LogP contribution in [0.5, 0.6) is 5.75 Å². The van der Waals surface area contributed by atoms with E-state index in [0.29, 0.717) is 12.3 Å². The van der Waals surface area contributed by atoms with E-state index in [1.807, 2.05) is 31.2 Å². The normalized spacial score (nSPS) is 11.8. The van der Waals surface area contributed by atoms with Gasteiger partial charge in [-0.25, -0.2) is 4.39 Å². The topological polar surface area (TPSA) is 77.2 Å². The average Bonchev–Trinajstić information content (AvgIpc) is 3.09. The number of hydrogen-bond acceptors (Lipinski definition) is 5. The zero-order chi connectivity index (χ0) is 18.5. The Hall–Kier alpha value is -3.22. The van der Waals surface area contributed by atoms with Crippen LogP contribution in [0.15, 0.2) is 53.1 Å². The molecule has 0 aliphatic rings. The maximum absolute atomic E-state index is 13.7. The molecule has 0 aliphatic carbocycles. The molecule has 3 aromatic rings. The first kappa shape index (κ1) is 17.6. The van der Waals surface area contributed by atoms with Gasteiger partial charge >= 0.3 is 0 Å². The van der Waals surface area contributed by atoms with E-state index in [9.17, 15) is 9.18 Å². The van der Waals surface area contributed by atoms with Crippen molar-refractivity contribution < 1.29 is 18.4 Å². The molecule has 1 atom stereocenters. The van der Waals surface area contributed by atoms with Crippen molar-refractivity contribution in [3.8, 4) is 17.2 Å². The number of para-hydroxylation sites is 1. The van der Waals surface area contributed by atoms with E-state index >= 15 is 0 Å². The highest BCUT2D eigenvalue weighted by Gasteiger charge is 2.22. The molecule has 26 heavy (non-hydrogen) atoms. The first-order valence-electron chi connectivity index (χ1n) is 8.20. The minimum Gasteiger partial charge on any atom is -0.478 e. The van der Waals surface area contributed by atoms with E-state index in [1.165, 1.54) is 12.1 Å². The van der Waals surface area contributed by atoms with Gasteiger partial charge < -0.3 is 9.26 Å². The summed E-state index contributed by atoms with van der Waals surface area (Å²) in [5.41, 5.74) is 1.76. The fourth-order valence-corrected chi connectivity index (χ4v) is 2.40. The zero-order valence-electron chi connectivity index (χ0n) is 14.4. The van der Waals surface area contributed by atoms with Crippen LogP contribution in [0.2, 0.25) is 0 Å². The van der Waals surface area contributed by atoms with Gasteiger partial charge in [0.2, 0.25) is 0 Å². The van der Waals surface area contributed by atoms with Crippen LogP contribution in [0, 0.1) is 12.7 Å². The first-order valence-corrected chi connectivity index (χ1v) is 8.20. The maximum Gasteiger partial charge on any atom is 0.270 e. The van der Waals surface area contributed by atoms with Gasteiger partial charge in [0, 0.05) is 5.56 Å². The number of nitrogens with one attached hydrogen (secondary N) is 1. The van der Waals surface area contributed by atoms with Gasteiger partial charge in [0.1, 0.15) is 0 Å². The first-order chi connectivity index (χ1) is 12.6. The fourth-order valence-electron chi connectivity index (χ4n) is 2.40. The molecule has 1 N–H and O–H groups in total. The monoisotopic (exact) mass is 355 g/mol. The van der Waals surface area contributed by atoms with Crippen molar-refractivity contribution in [3.63, 3.8) is 0 Å². The van der Waals surface area contributed by atoms with E-state index in [1.54, 1.807) is 19.1 Å². The van der Waals surface area contributed by atoms with Gasteiger partial charge in [-0.1, -0.05) is 37.3 Å². The number of anilines is 1. The van der Waals surface area contributed by atoms with Gasteiger partial charge in [-0.05, 0) is 42.3 Å². The summed E-state index contributed by atoms with van der Waals surface area (Å²) in [5.74, 6) is -0.651. The molecule has 0 radical (unpaired) electrons. The number of halogens is 1. The summed E-state index contributed by atoms with van der Waals surface area (Å²) in [7, 11) is 0. The van der Waals surface area contributed by atoms with Crippen molar-refractivity contribution in [2.75, 3.05) is 5.32 Å². The van der Waals surface area contributed by atoms with Gasteiger partial charge in [-0.15, -0.1) is 0 Å². The van der Waals surface area contributed by atoms with Crippen molar-refractivity contribution in [2.24, 2.45) is 0 Å². The van der Waals surface area contributed by atoms with Crippen LogP contribution in [0.4, 0.5) is 10.3 Å². The number of rotatable bonds is 6. The van der Waals surface area contributed by atoms with Gasteiger partial charge in [0.05, 0.1) is 0 Å². The lowest BCUT2D eigenvalue weighted by molar-refractivity contribution is -0.123. The van der Waals surface area contributed by atoms with E-state index in [2.05, 4.69) is 15.5 Å². The summed E-state index contributed by atoms with van der Waals surface area (Å²) in [6.45, 7) is 3.69. The third-order valence-corrected chi connectivity index (χ3v) is 3.81. The molecule has 0 spiro atoms. The third-order valence-electron chi connectivity index (χ3n) is 3.81. The Balaban J connectivity index is 1.71. The molecule has 0 aliphatic heterocycles. The van der Waals surface area contributed by atoms with Gasteiger partial charge in [0.25, 0.3) is 17.7 Å². The highest BCUT2D eigenvalue weighted by molar-refractivity contribution is 5.92. The van der Waals surface area contributed by atoms with Gasteiger partial charge in [-0.2, -0.15) is 4.98 Å². The summed E-state index contributed by atoms with van der Waals surface area (Å²) >= 11 is 0. The van der Waals surface area contributed by atoms with Gasteiger partial charge in [0.15, 0.2) is 17.7 Å². The number of aryl methyl sites for hydroxylation is 1. The molecule has 0 unspecified atom stereocenters. The lowest BCUT2D eigenvalue weighted by Crippen LogP contribution is -2.33. The predicted molar refractivity (Wildman–Crippen MR) is 94.2 cm³/mol. The van der Waals surface area contributed by atoms with E-state index in [-0.39, 0.29) is 11.7 Å². The SMILES string of the molecule is CC[C@H](Oc1ccccc1F)C(=O)Nc1noc(-c2ccccc2C)n1. The van der Waals surface area contributed by atoms with Crippen LogP contribution in [0.1, 0.15) is 18.9 Å². The molecule has 1 heterocycles. The smallest absolute Gasteiger partial charge is 0.270 e. The van der Waals surface area contributed by atoms with Crippen molar-refractivity contribution in [3.05, 3.63) is 59.9 Å². The molecule has 1 amide bonds. The summed E-state index contributed by atoms with van der Waals surface area (Å²) < 4.78 is 24.4. The summed E-state index contributed by atoms with van der Waals surface area (Å²) in [4.78, 5) is 16.6. The van der Waals surface area contributed by atoms with Crippen LogP contribution in [0.3, 0.4) is 0 Å². The summed E-state index contributed by atoms with van der Waals surface area (Å²) in [6, 6.07) is 13.5. The predicted octanol–water partition coefficient (Wildman–Crippen LogP) is 3.98. The molecule has 0 saturated carbocycles. The summed E-state index contributed by atoms with van der Waals surface area (Å²) in [6.07, 6.45) is -0.532. The van der Waals surface area contributed by atoms with Crippen LogP contribution in [-0.4, -0.2) is 22.2 Å². The number of ether oxygens (including phenoxy) is 1. The Kier molecular flexibility index (Phi) is 5.26. The fraction of sp³-hybridized carbons (Fsp3) is 0.211. The number of hydrogen-bond donors (Lipinski definition) is 1. The number of carbonyl (C=O) groups excluding carboxylic acids is 1. The second-order valence-electron chi connectivity index (χ2n) is 5.67. The number of aromatic nitrogens is 2.